The number of hydrogen-bond acceptors (Lipinski definition) is 1. The molecule has 0 N–H and O–H groups in total. The molecule has 0 spiro atoms. The summed E-state index contributed by atoms with van der Waals surface area (Å²) in [5, 5.41) is 8.13. The molecule has 1 atom stereocenters. The zero-order chi connectivity index (χ0) is 11.4. The lowest BCUT2D eigenvalue weighted by atomic mass is 10.0. The van der Waals surface area contributed by atoms with Crippen LogP contribution in [0, 0.1) is 11.3 Å². The van der Waals surface area contributed by atoms with E-state index in [0.29, 0.717) is 0 Å². The molecule has 0 aliphatic rings. The van der Waals surface area contributed by atoms with Gasteiger partial charge in [0.15, 0.2) is 0 Å². The molecule has 16 heavy (non-hydrogen) atoms. The lowest BCUT2D eigenvalue weighted by molar-refractivity contribution is 1.21. The molecule has 78 valence electrons. The summed E-state index contributed by atoms with van der Waals surface area (Å²) in [6.07, 6.45) is 0. The summed E-state index contributed by atoms with van der Waals surface area (Å²) in [6.45, 7) is 0. The van der Waals surface area contributed by atoms with Crippen molar-refractivity contribution in [1.82, 2.24) is 0 Å². The predicted octanol–water partition coefficient (Wildman–Crippen LogP) is 4.16. The van der Waals surface area contributed by atoms with Gasteiger partial charge in [-0.05, 0) is 16.7 Å². The Morgan fingerprint density at radius 1 is 0.875 bits per heavy atom. The van der Waals surface area contributed by atoms with E-state index in [1.807, 2.05) is 48.5 Å². The maximum atomic E-state index is 8.69. The predicted molar refractivity (Wildman–Crippen MR) is 66.1 cm³/mol. The third kappa shape index (κ3) is 2.24. The van der Waals surface area contributed by atoms with Gasteiger partial charge in [0, 0.05) is 0 Å². The smallest absolute Gasteiger partial charge is 0.145 e. The third-order valence-corrected chi connectivity index (χ3v) is 2.77. The normalized spacial score (nSPS) is 11.8. The Balaban J connectivity index is 2.31. The minimum Gasteiger partial charge on any atom is -0.196 e. The summed E-state index contributed by atoms with van der Waals surface area (Å²) in [4.78, 5) is 0. The van der Waals surface area contributed by atoms with E-state index < -0.39 is 5.38 Å². The van der Waals surface area contributed by atoms with E-state index in [4.69, 9.17) is 16.9 Å². The van der Waals surface area contributed by atoms with Gasteiger partial charge in [0.1, 0.15) is 5.38 Å². The quantitative estimate of drug-likeness (QED) is 0.707. The first-order valence-electron chi connectivity index (χ1n) is 5.00. The molecule has 0 radical (unpaired) electrons. The first-order chi connectivity index (χ1) is 7.81. The van der Waals surface area contributed by atoms with Crippen LogP contribution < -0.4 is 0 Å². The first kappa shape index (κ1) is 10.7. The summed E-state index contributed by atoms with van der Waals surface area (Å²) in [5.41, 5.74) is 3.13. The van der Waals surface area contributed by atoms with Gasteiger partial charge in [0.2, 0.25) is 0 Å². The van der Waals surface area contributed by atoms with E-state index in [1.165, 1.54) is 0 Å². The van der Waals surface area contributed by atoms with Crippen LogP contribution in [-0.4, -0.2) is 0 Å². The lowest BCUT2D eigenvalue weighted by Gasteiger charge is -2.04. The highest BCUT2D eigenvalue weighted by Crippen LogP contribution is 2.24. The Morgan fingerprint density at radius 2 is 1.44 bits per heavy atom. The minimum absolute atomic E-state index is 0.565. The number of benzene rings is 2. The number of rotatable bonds is 2. The number of nitrogens with zero attached hydrogens (tertiary/aromatic N) is 1. The second-order valence-corrected chi connectivity index (χ2v) is 3.92. The van der Waals surface area contributed by atoms with Gasteiger partial charge in [-0.2, -0.15) is 5.26 Å². The molecule has 0 saturated heterocycles. The minimum atomic E-state index is -0.565. The van der Waals surface area contributed by atoms with E-state index in [9.17, 15) is 0 Å². The molecule has 0 fully saturated rings. The van der Waals surface area contributed by atoms with Crippen LogP contribution in [0.2, 0.25) is 0 Å². The molecule has 2 rings (SSSR count). The fourth-order valence-corrected chi connectivity index (χ4v) is 1.70. The molecule has 0 heterocycles. The van der Waals surface area contributed by atoms with E-state index in [0.717, 1.165) is 16.7 Å². The van der Waals surface area contributed by atoms with Crippen LogP contribution in [0.5, 0.6) is 0 Å². The van der Waals surface area contributed by atoms with Crippen molar-refractivity contribution < 1.29 is 0 Å². The van der Waals surface area contributed by atoms with Gasteiger partial charge in [-0.25, -0.2) is 0 Å². The van der Waals surface area contributed by atoms with Crippen molar-refractivity contribution in [3.8, 4) is 17.2 Å². The molecule has 1 unspecified atom stereocenters. The van der Waals surface area contributed by atoms with E-state index in [-0.39, 0.29) is 0 Å². The summed E-state index contributed by atoms with van der Waals surface area (Å²) < 4.78 is 0. The molecule has 0 aromatic heterocycles. The summed E-state index contributed by atoms with van der Waals surface area (Å²) in [7, 11) is 0. The first-order valence-corrected chi connectivity index (χ1v) is 5.44. The SMILES string of the molecule is N#CC(Cl)c1ccc(-c2ccccc2)cc1. The Bertz CT molecular complexity index is 497. The molecule has 0 aliphatic heterocycles. The molecule has 2 aromatic carbocycles. The topological polar surface area (TPSA) is 23.8 Å². The summed E-state index contributed by atoms with van der Waals surface area (Å²) in [5.74, 6) is 0. The molecule has 0 amide bonds. The van der Waals surface area contributed by atoms with E-state index in [1.54, 1.807) is 0 Å². The van der Waals surface area contributed by atoms with Crippen molar-refractivity contribution in [1.29, 1.82) is 5.26 Å². The number of halogens is 1. The van der Waals surface area contributed by atoms with Gasteiger partial charge in [-0.3, -0.25) is 0 Å². The van der Waals surface area contributed by atoms with Crippen molar-refractivity contribution in [2.24, 2.45) is 0 Å². The average Bonchev–Trinajstić information content (AvgIpc) is 2.39. The molecular formula is C14H10ClN. The number of nitriles is 1. The van der Waals surface area contributed by atoms with Crippen LogP contribution in [-0.2, 0) is 0 Å². The Labute approximate surface area is 99.9 Å². The van der Waals surface area contributed by atoms with Crippen molar-refractivity contribution >= 4 is 11.6 Å². The maximum absolute atomic E-state index is 8.69. The van der Waals surface area contributed by atoms with Gasteiger partial charge in [-0.1, -0.05) is 54.6 Å². The van der Waals surface area contributed by atoms with Crippen molar-refractivity contribution in [2.75, 3.05) is 0 Å². The molecule has 2 aromatic rings. The maximum Gasteiger partial charge on any atom is 0.145 e. The van der Waals surface area contributed by atoms with Crippen LogP contribution in [0.15, 0.2) is 54.6 Å². The molecule has 0 saturated carbocycles. The molecule has 1 nitrogen and oxygen atoms in total. The van der Waals surface area contributed by atoms with Crippen molar-refractivity contribution in [3.63, 3.8) is 0 Å². The zero-order valence-electron chi connectivity index (χ0n) is 8.60. The second-order valence-electron chi connectivity index (χ2n) is 3.48. The van der Waals surface area contributed by atoms with Crippen molar-refractivity contribution in [2.45, 2.75) is 5.38 Å². The summed E-state index contributed by atoms with van der Waals surface area (Å²) in [6, 6.07) is 19.9. The van der Waals surface area contributed by atoms with Crippen LogP contribution >= 0.6 is 11.6 Å². The zero-order valence-corrected chi connectivity index (χ0v) is 9.35. The van der Waals surface area contributed by atoms with Crippen LogP contribution in [0.1, 0.15) is 10.9 Å². The molecular weight excluding hydrogens is 218 g/mol. The van der Waals surface area contributed by atoms with Crippen LogP contribution in [0.4, 0.5) is 0 Å². The van der Waals surface area contributed by atoms with Gasteiger partial charge in [0.05, 0.1) is 6.07 Å². The summed E-state index contributed by atoms with van der Waals surface area (Å²) >= 11 is 5.83. The second kappa shape index (κ2) is 4.83. The van der Waals surface area contributed by atoms with Gasteiger partial charge < -0.3 is 0 Å². The monoisotopic (exact) mass is 227 g/mol. The van der Waals surface area contributed by atoms with E-state index >= 15 is 0 Å². The number of hydrogen-bond donors (Lipinski definition) is 0. The van der Waals surface area contributed by atoms with Crippen LogP contribution in [0.3, 0.4) is 0 Å². The Kier molecular flexibility index (Phi) is 3.24. The highest BCUT2D eigenvalue weighted by atomic mass is 35.5. The Morgan fingerprint density at radius 3 is 2.00 bits per heavy atom. The highest BCUT2D eigenvalue weighted by Gasteiger charge is 2.05. The number of alkyl halides is 1. The van der Waals surface area contributed by atoms with E-state index in [2.05, 4.69) is 12.1 Å². The van der Waals surface area contributed by atoms with Gasteiger partial charge in [-0.15, -0.1) is 11.6 Å². The standard InChI is InChI=1S/C14H10ClN/c15-14(10-16)13-8-6-12(7-9-13)11-4-2-1-3-5-11/h1-9,14H. The lowest BCUT2D eigenvalue weighted by Crippen LogP contribution is -1.86. The largest absolute Gasteiger partial charge is 0.196 e. The van der Waals surface area contributed by atoms with Gasteiger partial charge >= 0.3 is 0 Å². The fourth-order valence-electron chi connectivity index (χ4n) is 1.55. The average molecular weight is 228 g/mol. The van der Waals surface area contributed by atoms with Crippen LogP contribution in [0.25, 0.3) is 11.1 Å². The fraction of sp³-hybridized carbons (Fsp3) is 0.0714. The highest BCUT2D eigenvalue weighted by molar-refractivity contribution is 6.22. The van der Waals surface area contributed by atoms with Crippen molar-refractivity contribution in [3.05, 3.63) is 60.2 Å². The molecule has 0 aliphatic carbocycles. The third-order valence-electron chi connectivity index (χ3n) is 2.42. The molecule has 0 bridgehead atoms. The van der Waals surface area contributed by atoms with Gasteiger partial charge in [0.25, 0.3) is 0 Å². The Hall–Kier alpha value is -1.78. The molecule has 2 heteroatoms.